The fourth-order valence-corrected chi connectivity index (χ4v) is 16.2. The summed E-state index contributed by atoms with van der Waals surface area (Å²) >= 11 is 0. The molecule has 0 radical (unpaired) electrons. The van der Waals surface area contributed by atoms with Crippen LogP contribution in [0.3, 0.4) is 0 Å². The van der Waals surface area contributed by atoms with Crippen molar-refractivity contribution in [2.75, 3.05) is 53.9 Å². The van der Waals surface area contributed by atoms with Crippen LogP contribution in [-0.4, -0.2) is 187 Å². The number of nitrogens with one attached hydrogen (secondary N) is 2. The molecule has 2 fully saturated rings. The number of ether oxygens (including phenoxy) is 4. The van der Waals surface area contributed by atoms with Crippen molar-refractivity contribution in [1.29, 1.82) is 10.5 Å². The van der Waals surface area contributed by atoms with Crippen LogP contribution in [0.5, 0.6) is 0 Å². The molecule has 0 bridgehead atoms. The van der Waals surface area contributed by atoms with E-state index >= 15 is 0 Å². The minimum Gasteiger partial charge on any atom is -0.475 e. The van der Waals surface area contributed by atoms with Crippen molar-refractivity contribution in [3.63, 3.8) is 0 Å². The number of hydrogen-bond acceptors (Lipinski definition) is 25. The molecule has 5 heterocycles. The number of aromatic amines is 2. The van der Waals surface area contributed by atoms with E-state index in [0.717, 1.165) is 10.6 Å². The van der Waals surface area contributed by atoms with Crippen molar-refractivity contribution in [1.82, 2.24) is 38.1 Å². The molecule has 3 aromatic rings. The molecule has 0 saturated carbocycles. The zero-order chi connectivity index (χ0) is 74.7. The monoisotopic (exact) mass is 1470 g/mol. The number of aliphatic hydroxyl groups is 1. The van der Waals surface area contributed by atoms with Crippen LogP contribution < -0.4 is 22.5 Å². The van der Waals surface area contributed by atoms with Gasteiger partial charge in [0, 0.05) is 99.0 Å². The predicted molar refractivity (Wildman–Crippen MR) is 363 cm³/mol. The Morgan fingerprint density at radius 2 is 1.01 bits per heavy atom. The molecule has 4 N–H and O–H groups in total. The van der Waals surface area contributed by atoms with E-state index in [1.807, 2.05) is 50.6 Å². The van der Waals surface area contributed by atoms with Crippen molar-refractivity contribution < 1.29 is 87.9 Å². The van der Waals surface area contributed by atoms with Gasteiger partial charge < -0.3 is 60.8 Å². The highest BCUT2D eigenvalue weighted by Gasteiger charge is 2.50. The average molecular weight is 1480 g/mol. The summed E-state index contributed by atoms with van der Waals surface area (Å²) in [6, 6.07) is 14.0. The molecule has 98 heavy (non-hydrogen) atoms. The van der Waals surface area contributed by atoms with Gasteiger partial charge in [0.05, 0.1) is 64.6 Å². The van der Waals surface area contributed by atoms with Gasteiger partial charge >= 0.3 is 38.7 Å². The third-order valence-corrected chi connectivity index (χ3v) is 21.8. The Morgan fingerprint density at radius 3 is 1.33 bits per heavy atom. The Balaban J connectivity index is 0.000000700. The molecule has 0 amide bonds. The van der Waals surface area contributed by atoms with Crippen molar-refractivity contribution in [2.24, 2.45) is 0 Å². The van der Waals surface area contributed by atoms with Gasteiger partial charge in [0.2, 0.25) is 0 Å². The number of rotatable bonds is 33. The third-order valence-electron chi connectivity index (χ3n) is 13.0. The lowest BCUT2D eigenvalue weighted by Gasteiger charge is -2.45. The number of carbonyl (C=O) groups is 1. The van der Waals surface area contributed by atoms with Crippen LogP contribution >= 0.6 is 32.2 Å². The lowest BCUT2D eigenvalue weighted by Crippen LogP contribution is -2.43. The van der Waals surface area contributed by atoms with E-state index in [0.29, 0.717) is 37.2 Å². The summed E-state index contributed by atoms with van der Waals surface area (Å²) in [5, 5.41) is 35.3. The van der Waals surface area contributed by atoms with Crippen LogP contribution in [0.15, 0.2) is 98.1 Å². The van der Waals surface area contributed by atoms with E-state index in [-0.39, 0.29) is 51.5 Å². The molecule has 2 saturated heterocycles. The SMILES string of the molecule is CC(C)N(C(C)C)P(OCCC#N)N(C(C)C)C(C)C.CCOP(=O)(/C=C/[C@@H]1O[C@H](n2ccc(=O)[nH]c2=O)[C@@H](OC)[C@H]1O)OCC.CCOP(=O)(/C=C/[C@@H]1O[C@H](n2ccc(=O)[nH]c2=O)[C@@H](OC)[C@H]1OP(OCCC#N)N(C(C)C)C(C)C)OCC.O=C(O)C(F)(F)F.c1ccncc1. The fraction of sp³-hybridized carbons (Fsp3) is 0.672. The quantitative estimate of drug-likeness (QED) is 0.0325. The summed E-state index contributed by atoms with van der Waals surface area (Å²) in [5.41, 5.74) is -2.49. The van der Waals surface area contributed by atoms with Crippen LogP contribution in [0.1, 0.15) is 136 Å². The smallest absolute Gasteiger partial charge is 0.475 e. The van der Waals surface area contributed by atoms with Gasteiger partial charge in [0.15, 0.2) is 20.9 Å². The summed E-state index contributed by atoms with van der Waals surface area (Å²) in [7, 11) is -6.81. The normalized spacial score (nSPS) is 20.0. The molecule has 2 aliphatic heterocycles. The molecule has 0 spiro atoms. The number of aliphatic carboxylic acids is 1. The second-order valence-electron chi connectivity index (χ2n) is 22.4. The van der Waals surface area contributed by atoms with Crippen molar-refractivity contribution in [3.8, 4) is 12.1 Å². The molecule has 0 aliphatic carbocycles. The second-order valence-corrected chi connectivity index (χ2v) is 29.3. The Morgan fingerprint density at radius 1 is 0.643 bits per heavy atom. The number of H-pyrrole nitrogens is 2. The molecule has 556 valence electrons. The Labute approximate surface area is 574 Å². The van der Waals surface area contributed by atoms with Gasteiger partial charge in [-0.2, -0.15) is 23.7 Å². The van der Waals surface area contributed by atoms with Gasteiger partial charge in [-0.3, -0.25) is 42.8 Å². The highest BCUT2D eigenvalue weighted by molar-refractivity contribution is 7.57. The Kier molecular flexibility index (Phi) is 43.1. The summed E-state index contributed by atoms with van der Waals surface area (Å²) < 4.78 is 129. The number of carboxylic acid groups (broad SMARTS) is 1. The molecule has 5 rings (SSSR count). The van der Waals surface area contributed by atoms with E-state index < -0.39 is 116 Å². The molecule has 0 aromatic carbocycles. The average Bonchev–Trinajstić information content (AvgIpc) is 1.63. The molecular weight excluding hydrogens is 1370 g/mol. The first kappa shape index (κ1) is 91.0. The zero-order valence-corrected chi connectivity index (χ0v) is 62.6. The molecule has 3 aromatic heterocycles. The lowest BCUT2D eigenvalue weighted by atomic mass is 10.1. The number of halogens is 3. The number of hydrogen-bond donors (Lipinski definition) is 4. The molecule has 37 heteroatoms. The van der Waals surface area contributed by atoms with Gasteiger partial charge in [-0.15, -0.1) is 0 Å². The summed E-state index contributed by atoms with van der Waals surface area (Å²) in [4.78, 5) is 64.5. The molecule has 9 atom stereocenters. The summed E-state index contributed by atoms with van der Waals surface area (Å²) in [6.07, 6.45) is -3.01. The van der Waals surface area contributed by atoms with Gasteiger partial charge in [0.1, 0.15) is 36.6 Å². The molecular formula is C61H101F3N10O20P4. The maximum atomic E-state index is 13.1. The number of carboxylic acids is 1. The number of aromatic nitrogens is 5. The van der Waals surface area contributed by atoms with Crippen LogP contribution in [0, 0.1) is 22.7 Å². The fourth-order valence-electron chi connectivity index (χ4n) is 9.45. The Hall–Kier alpha value is -5.05. The number of pyridine rings is 1. The highest BCUT2D eigenvalue weighted by atomic mass is 31.2. The van der Waals surface area contributed by atoms with Crippen LogP contribution in [0.25, 0.3) is 0 Å². The predicted octanol–water partition coefficient (Wildman–Crippen LogP) is 10.6. The number of methoxy groups -OCH3 is 2. The van der Waals surface area contributed by atoms with Gasteiger partial charge in [-0.1, -0.05) is 6.07 Å². The number of nitriles is 2. The van der Waals surface area contributed by atoms with Crippen LogP contribution in [-0.2, 0) is 64.5 Å². The Bertz CT molecular complexity index is 3170. The lowest BCUT2D eigenvalue weighted by molar-refractivity contribution is -0.192. The second kappa shape index (κ2) is 46.5. The largest absolute Gasteiger partial charge is 0.490 e. The van der Waals surface area contributed by atoms with E-state index in [1.54, 1.807) is 40.1 Å². The molecule has 30 nitrogen and oxygen atoms in total. The first-order valence-electron chi connectivity index (χ1n) is 31.6. The first-order valence-corrected chi connectivity index (χ1v) is 37.2. The maximum absolute atomic E-state index is 13.1. The molecule has 2 aliphatic rings. The van der Waals surface area contributed by atoms with Crippen LogP contribution in [0.2, 0.25) is 0 Å². The number of nitrogens with zero attached hydrogens (tertiary/aromatic N) is 8. The highest BCUT2D eigenvalue weighted by Crippen LogP contribution is 2.54. The van der Waals surface area contributed by atoms with Gasteiger partial charge in [0.25, 0.3) is 19.6 Å². The third kappa shape index (κ3) is 30.6. The minimum atomic E-state index is -5.08. The van der Waals surface area contributed by atoms with Gasteiger partial charge in [-0.25, -0.2) is 28.4 Å². The first-order chi connectivity index (χ1) is 46.0. The standard InChI is InChI=1S/C24H40N4O9P2.C15H32N3OP.C15H23N2O8P.C5H5N.C2HF3O2/c1-8-34-39(31,35-9-2)16-12-19-21(37-38(33-15-10-13-25)28(17(3)4)18(5)6)22(32-7)23(36-19)27-14-11-20(29)26-24(27)30;1-12(2)17(13(3)4)20(19-11-9-10-16)18(14(5)6)15(7)8;1-4-23-26(21,24-5-2)9-7-10-12(19)13(22-3)14(25-10)17-8-6-11(18)16-15(17)20;1-2-4-6-5-3-1;3-2(4,5)1(6)7/h11-12,14,16-19,21-23H,8-10,15H2,1-7H3,(H,26,29,30);12-15H,9,11H2,1-8H3;6-10,12-14,19H,4-5H2,1-3H3,(H,16,18,20);1-5H;(H,6,7)/b16-12+;;9-7+;;/t19-,21-,22-,23-,38?;;10-,12-,13-,14-;;/m0.0../s1. The molecule has 1 unspecified atom stereocenters. The number of aliphatic hydroxyl groups excluding tert-OH is 1. The summed E-state index contributed by atoms with van der Waals surface area (Å²) in [6.45, 7) is 33.8. The van der Waals surface area contributed by atoms with Crippen molar-refractivity contribution >= 4 is 38.1 Å². The maximum Gasteiger partial charge on any atom is 0.490 e. The minimum absolute atomic E-state index is 0.0317. The van der Waals surface area contributed by atoms with E-state index in [4.69, 9.17) is 71.0 Å². The van der Waals surface area contributed by atoms with Gasteiger partial charge in [-0.05, 0) is 135 Å². The van der Waals surface area contributed by atoms with Crippen molar-refractivity contribution in [3.05, 3.63) is 121 Å². The van der Waals surface area contributed by atoms with Crippen LogP contribution in [0.4, 0.5) is 13.2 Å². The topological polar surface area (TPSA) is 373 Å². The van der Waals surface area contributed by atoms with E-state index in [9.17, 15) is 46.6 Å². The summed E-state index contributed by atoms with van der Waals surface area (Å²) in [5.74, 6) is -0.223. The van der Waals surface area contributed by atoms with E-state index in [2.05, 4.69) is 91.8 Å². The zero-order valence-electron chi connectivity index (χ0n) is 59.0. The number of alkyl halides is 3. The van der Waals surface area contributed by atoms with E-state index in [1.165, 1.54) is 61.0 Å². The van der Waals surface area contributed by atoms with Crippen molar-refractivity contribution in [2.45, 2.75) is 215 Å².